The van der Waals surface area contributed by atoms with Crippen LogP contribution in [0.25, 0.3) is 0 Å². The van der Waals surface area contributed by atoms with Crippen LogP contribution in [0.1, 0.15) is 0 Å². The van der Waals surface area contributed by atoms with Gasteiger partial charge in [-0.3, -0.25) is 0 Å². The van der Waals surface area contributed by atoms with E-state index in [0.717, 1.165) is 12.1 Å². The molecule has 1 rings (SSSR count). The number of sulfone groups is 1. The number of anilines is 1. The first-order valence-corrected chi connectivity index (χ1v) is 5.01. The molecule has 0 spiro atoms. The molecule has 0 aliphatic rings. The van der Waals surface area contributed by atoms with Crippen molar-refractivity contribution < 1.29 is 26.0 Å². The maximum absolute atomic E-state index is 13.0. The van der Waals surface area contributed by atoms with Gasteiger partial charge < -0.3 is 5.73 Å². The number of rotatable bonds is 1. The Morgan fingerprint density at radius 2 is 1.73 bits per heavy atom. The Hall–Kier alpha value is -1.31. The zero-order chi connectivity index (χ0) is 11.9. The molecule has 0 fully saturated rings. The van der Waals surface area contributed by atoms with E-state index in [1.54, 1.807) is 0 Å². The predicted molar refractivity (Wildman–Crippen MR) is 44.1 cm³/mol. The molecule has 15 heavy (non-hydrogen) atoms. The summed E-state index contributed by atoms with van der Waals surface area (Å²) in [5.41, 5.74) is -1.24. The number of hydrogen-bond donors (Lipinski definition) is 1. The summed E-state index contributed by atoms with van der Waals surface area (Å²) in [5.74, 6) is -1.59. The summed E-state index contributed by atoms with van der Waals surface area (Å²) in [4.78, 5) is -1.46. The first kappa shape index (κ1) is 11.8. The van der Waals surface area contributed by atoms with Crippen molar-refractivity contribution in [3.05, 3.63) is 24.0 Å². The van der Waals surface area contributed by atoms with E-state index >= 15 is 0 Å². The van der Waals surface area contributed by atoms with Crippen molar-refractivity contribution in [3.8, 4) is 0 Å². The Balaban J connectivity index is 3.49. The van der Waals surface area contributed by atoms with Gasteiger partial charge in [0.25, 0.3) is 9.84 Å². The molecule has 0 amide bonds. The fourth-order valence-electron chi connectivity index (χ4n) is 0.860. The van der Waals surface area contributed by atoms with Crippen molar-refractivity contribution in [1.29, 1.82) is 0 Å². The first-order valence-electron chi connectivity index (χ1n) is 3.53. The zero-order valence-corrected chi connectivity index (χ0v) is 7.86. The number of halogens is 4. The van der Waals surface area contributed by atoms with Crippen LogP contribution in [-0.2, 0) is 9.84 Å². The summed E-state index contributed by atoms with van der Waals surface area (Å²) >= 11 is 0. The van der Waals surface area contributed by atoms with Gasteiger partial charge in [0, 0.05) is 0 Å². The second-order valence-corrected chi connectivity index (χ2v) is 4.52. The molecule has 0 unspecified atom stereocenters. The topological polar surface area (TPSA) is 60.2 Å². The van der Waals surface area contributed by atoms with Gasteiger partial charge in [-0.2, -0.15) is 13.2 Å². The third kappa shape index (κ3) is 1.89. The lowest BCUT2D eigenvalue weighted by Gasteiger charge is -2.09. The average Bonchev–Trinajstić information content (AvgIpc) is 2.07. The Morgan fingerprint density at radius 1 is 1.20 bits per heavy atom. The molecule has 2 N–H and O–H groups in total. The van der Waals surface area contributed by atoms with Crippen LogP contribution in [-0.4, -0.2) is 13.9 Å². The molecular formula is C7H5F4NO2S. The lowest BCUT2D eigenvalue weighted by Crippen LogP contribution is -2.24. The lowest BCUT2D eigenvalue weighted by atomic mass is 10.3. The standard InChI is InChI=1S/C7H5F4NO2S/c8-6-4(12)2-1-3-5(6)15(13,14)7(9,10)11/h1-3H,12H2. The fraction of sp³-hybridized carbons (Fsp3) is 0.143. The second kappa shape index (κ2) is 3.37. The number of nitrogens with two attached hydrogens (primary N) is 1. The van der Waals surface area contributed by atoms with E-state index in [1.807, 2.05) is 0 Å². The van der Waals surface area contributed by atoms with Gasteiger partial charge in [0.2, 0.25) is 0 Å². The van der Waals surface area contributed by atoms with Crippen LogP contribution in [0.3, 0.4) is 0 Å². The van der Waals surface area contributed by atoms with Gasteiger partial charge in [-0.1, -0.05) is 6.07 Å². The zero-order valence-electron chi connectivity index (χ0n) is 7.05. The van der Waals surface area contributed by atoms with Crippen LogP contribution < -0.4 is 5.73 Å². The SMILES string of the molecule is Nc1cccc(S(=O)(=O)C(F)(F)F)c1F. The van der Waals surface area contributed by atoms with Crippen molar-refractivity contribution in [2.75, 3.05) is 5.73 Å². The highest BCUT2D eigenvalue weighted by molar-refractivity contribution is 7.92. The van der Waals surface area contributed by atoms with Gasteiger partial charge in [-0.15, -0.1) is 0 Å². The minimum absolute atomic E-state index is 0.508. The van der Waals surface area contributed by atoms with Crippen molar-refractivity contribution >= 4 is 15.5 Å². The van der Waals surface area contributed by atoms with Crippen molar-refractivity contribution in [3.63, 3.8) is 0 Å². The highest BCUT2D eigenvalue weighted by Crippen LogP contribution is 2.32. The maximum Gasteiger partial charge on any atom is 0.502 e. The van der Waals surface area contributed by atoms with Crippen LogP contribution in [0.4, 0.5) is 23.2 Å². The molecule has 0 aromatic heterocycles. The minimum atomic E-state index is -5.68. The monoisotopic (exact) mass is 243 g/mol. The normalized spacial score (nSPS) is 12.8. The molecule has 0 heterocycles. The molecule has 3 nitrogen and oxygen atoms in total. The first-order chi connectivity index (χ1) is 6.68. The van der Waals surface area contributed by atoms with Crippen molar-refractivity contribution in [2.45, 2.75) is 10.4 Å². The van der Waals surface area contributed by atoms with Gasteiger partial charge in [0.05, 0.1) is 5.69 Å². The van der Waals surface area contributed by atoms with E-state index in [9.17, 15) is 26.0 Å². The van der Waals surface area contributed by atoms with Crippen LogP contribution in [0.15, 0.2) is 23.1 Å². The third-order valence-corrected chi connectivity index (χ3v) is 3.09. The molecule has 0 aliphatic heterocycles. The Bertz CT molecular complexity index is 480. The fourth-order valence-corrected chi connectivity index (χ4v) is 1.72. The number of hydrogen-bond acceptors (Lipinski definition) is 3. The predicted octanol–water partition coefficient (Wildman–Crippen LogP) is 1.70. The number of benzene rings is 1. The van der Waals surface area contributed by atoms with Crippen LogP contribution in [0.2, 0.25) is 0 Å². The van der Waals surface area contributed by atoms with Gasteiger partial charge in [0.1, 0.15) is 4.90 Å². The lowest BCUT2D eigenvalue weighted by molar-refractivity contribution is -0.0437. The van der Waals surface area contributed by atoms with Gasteiger partial charge in [0.15, 0.2) is 5.82 Å². The van der Waals surface area contributed by atoms with E-state index < -0.39 is 31.7 Å². The number of alkyl halides is 3. The van der Waals surface area contributed by atoms with E-state index in [-0.39, 0.29) is 0 Å². The van der Waals surface area contributed by atoms with Gasteiger partial charge in [-0.25, -0.2) is 12.8 Å². The average molecular weight is 243 g/mol. The summed E-state index contributed by atoms with van der Waals surface area (Å²) in [5, 5.41) is 0. The molecule has 0 saturated heterocycles. The number of nitrogen functional groups attached to an aromatic ring is 1. The van der Waals surface area contributed by atoms with Crippen LogP contribution >= 0.6 is 0 Å². The van der Waals surface area contributed by atoms with Gasteiger partial charge >= 0.3 is 5.51 Å². The van der Waals surface area contributed by atoms with E-state index in [0.29, 0.717) is 6.07 Å². The van der Waals surface area contributed by atoms with E-state index in [1.165, 1.54) is 0 Å². The van der Waals surface area contributed by atoms with Gasteiger partial charge in [-0.05, 0) is 12.1 Å². The van der Waals surface area contributed by atoms with E-state index in [4.69, 9.17) is 5.73 Å². The van der Waals surface area contributed by atoms with Crippen LogP contribution in [0.5, 0.6) is 0 Å². The van der Waals surface area contributed by atoms with Crippen molar-refractivity contribution in [2.24, 2.45) is 0 Å². The largest absolute Gasteiger partial charge is 0.502 e. The molecule has 1 aromatic rings. The maximum atomic E-state index is 13.0. The molecule has 0 bridgehead atoms. The third-order valence-electron chi connectivity index (χ3n) is 1.59. The summed E-state index contributed by atoms with van der Waals surface area (Å²) in [6.45, 7) is 0. The Morgan fingerprint density at radius 3 is 2.20 bits per heavy atom. The van der Waals surface area contributed by atoms with Crippen molar-refractivity contribution in [1.82, 2.24) is 0 Å². The summed E-state index contributed by atoms with van der Waals surface area (Å²) in [7, 11) is -5.68. The molecule has 0 saturated carbocycles. The quantitative estimate of drug-likeness (QED) is 0.603. The summed E-state index contributed by atoms with van der Waals surface area (Å²) in [6.07, 6.45) is 0. The molecule has 0 radical (unpaired) electrons. The minimum Gasteiger partial charge on any atom is -0.396 e. The van der Waals surface area contributed by atoms with E-state index in [2.05, 4.69) is 0 Å². The van der Waals surface area contributed by atoms with Crippen LogP contribution in [0, 0.1) is 5.82 Å². The second-order valence-electron chi connectivity index (χ2n) is 2.61. The smallest absolute Gasteiger partial charge is 0.396 e. The Kier molecular flexibility index (Phi) is 2.64. The highest BCUT2D eigenvalue weighted by Gasteiger charge is 2.48. The molecule has 8 heteroatoms. The molecule has 1 aromatic carbocycles. The molecule has 0 atom stereocenters. The molecule has 84 valence electrons. The molecule has 0 aliphatic carbocycles. The summed E-state index contributed by atoms with van der Waals surface area (Å²) < 4.78 is 70.7. The summed E-state index contributed by atoms with van der Waals surface area (Å²) in [6, 6.07) is 2.40. The Labute approximate surface area is 82.4 Å². The molecular weight excluding hydrogens is 238 g/mol. The highest BCUT2D eigenvalue weighted by atomic mass is 32.2.